The minimum Gasteiger partial charge on any atom is -0.376 e. The Bertz CT molecular complexity index is 311. The van der Waals surface area contributed by atoms with Crippen LogP contribution in [0.4, 0.5) is 0 Å². The molecule has 0 aliphatic carbocycles. The molecule has 0 spiro atoms. The third-order valence-electron chi connectivity index (χ3n) is 1.73. The monoisotopic (exact) mass is 187 g/mol. The summed E-state index contributed by atoms with van der Waals surface area (Å²) in [6, 6.07) is 12.0. The van der Waals surface area contributed by atoms with Gasteiger partial charge in [-0.15, -0.1) is 0 Å². The lowest BCUT2D eigenvalue weighted by atomic mass is 10.2. The maximum atomic E-state index is 8.22. The summed E-state index contributed by atoms with van der Waals surface area (Å²) >= 11 is 0. The predicted octanol–water partition coefficient (Wildman–Crippen LogP) is 2.67. The van der Waals surface area contributed by atoms with Crippen LogP contribution < -0.4 is 0 Å². The van der Waals surface area contributed by atoms with E-state index in [9.17, 15) is 0 Å². The Morgan fingerprint density at radius 2 is 2.07 bits per heavy atom. The third kappa shape index (κ3) is 4.44. The number of nitriles is 1. The molecule has 1 rings (SSSR count). The number of ether oxygens (including phenoxy) is 1. The Morgan fingerprint density at radius 3 is 2.79 bits per heavy atom. The average Bonchev–Trinajstić information content (AvgIpc) is 2.25. The van der Waals surface area contributed by atoms with E-state index in [2.05, 4.69) is 0 Å². The molecule has 0 atom stereocenters. The minimum absolute atomic E-state index is 0.640. The Morgan fingerprint density at radius 1 is 1.29 bits per heavy atom. The van der Waals surface area contributed by atoms with Crippen LogP contribution in [-0.2, 0) is 11.3 Å². The van der Waals surface area contributed by atoms with Gasteiger partial charge in [-0.2, -0.15) is 5.26 Å². The van der Waals surface area contributed by atoms with Gasteiger partial charge in [-0.1, -0.05) is 36.4 Å². The van der Waals surface area contributed by atoms with Crippen molar-refractivity contribution >= 4 is 0 Å². The molecular weight excluding hydrogens is 174 g/mol. The van der Waals surface area contributed by atoms with Crippen molar-refractivity contribution in [1.82, 2.24) is 0 Å². The lowest BCUT2D eigenvalue weighted by molar-refractivity contribution is 0.125. The molecule has 2 nitrogen and oxygen atoms in total. The molecule has 0 unspecified atom stereocenters. The van der Waals surface area contributed by atoms with E-state index >= 15 is 0 Å². The van der Waals surface area contributed by atoms with Crippen molar-refractivity contribution in [2.45, 2.75) is 13.0 Å². The molecule has 0 amide bonds. The molecular formula is C12H13NO. The zero-order valence-corrected chi connectivity index (χ0v) is 8.02. The van der Waals surface area contributed by atoms with Crippen molar-refractivity contribution in [2.24, 2.45) is 0 Å². The third-order valence-corrected chi connectivity index (χ3v) is 1.73. The molecule has 0 N–H and O–H groups in total. The van der Waals surface area contributed by atoms with Crippen LogP contribution >= 0.6 is 0 Å². The highest BCUT2D eigenvalue weighted by atomic mass is 16.5. The first-order chi connectivity index (χ1) is 6.93. The standard InChI is InChI=1S/C12H13NO/c13-9-5-2-6-10-14-11-12-7-3-1-4-8-12/h1-5,7-8H,6,10-11H2/b5-2+. The lowest BCUT2D eigenvalue weighted by Gasteiger charge is -2.01. The number of rotatable bonds is 5. The zero-order chi connectivity index (χ0) is 10.1. The highest BCUT2D eigenvalue weighted by Crippen LogP contribution is 2.00. The molecule has 0 saturated heterocycles. The quantitative estimate of drug-likeness (QED) is 0.524. The summed E-state index contributed by atoms with van der Waals surface area (Å²) in [5.74, 6) is 0. The van der Waals surface area contributed by atoms with E-state index in [-0.39, 0.29) is 0 Å². The Hall–Kier alpha value is -1.59. The van der Waals surface area contributed by atoms with Gasteiger partial charge < -0.3 is 4.74 Å². The normalized spacial score (nSPS) is 10.2. The molecule has 2 heteroatoms. The number of allylic oxidation sites excluding steroid dienone is 1. The molecule has 1 aromatic carbocycles. The van der Waals surface area contributed by atoms with E-state index in [4.69, 9.17) is 10.00 Å². The maximum Gasteiger partial charge on any atom is 0.0908 e. The summed E-state index contributed by atoms with van der Waals surface area (Å²) in [7, 11) is 0. The number of hydrogen-bond donors (Lipinski definition) is 0. The van der Waals surface area contributed by atoms with E-state index in [0.717, 1.165) is 6.42 Å². The number of benzene rings is 1. The molecule has 1 aromatic rings. The summed E-state index contributed by atoms with van der Waals surface area (Å²) in [5, 5.41) is 8.22. The van der Waals surface area contributed by atoms with Crippen molar-refractivity contribution in [2.75, 3.05) is 6.61 Å². The molecule has 0 radical (unpaired) electrons. The van der Waals surface area contributed by atoms with Gasteiger partial charge in [0.25, 0.3) is 0 Å². The highest BCUT2D eigenvalue weighted by molar-refractivity contribution is 5.13. The Kier molecular flexibility index (Phi) is 5.15. The molecule has 0 saturated carbocycles. The first-order valence-electron chi connectivity index (χ1n) is 4.60. The number of nitrogens with zero attached hydrogens (tertiary/aromatic N) is 1. The van der Waals surface area contributed by atoms with Crippen molar-refractivity contribution < 1.29 is 4.74 Å². The molecule has 0 aromatic heterocycles. The van der Waals surface area contributed by atoms with Crippen LogP contribution in [0.3, 0.4) is 0 Å². The van der Waals surface area contributed by atoms with Crippen LogP contribution in [0.5, 0.6) is 0 Å². The van der Waals surface area contributed by atoms with Gasteiger partial charge in [-0.05, 0) is 12.0 Å². The van der Waals surface area contributed by atoms with Gasteiger partial charge in [-0.25, -0.2) is 0 Å². The van der Waals surface area contributed by atoms with Crippen molar-refractivity contribution in [3.05, 3.63) is 48.0 Å². The van der Waals surface area contributed by atoms with Crippen LogP contribution in [0, 0.1) is 11.3 Å². The van der Waals surface area contributed by atoms with E-state index in [1.165, 1.54) is 11.6 Å². The molecule has 0 bridgehead atoms. The smallest absolute Gasteiger partial charge is 0.0908 e. The van der Waals surface area contributed by atoms with E-state index in [1.807, 2.05) is 42.5 Å². The van der Waals surface area contributed by atoms with Crippen LogP contribution in [-0.4, -0.2) is 6.61 Å². The Labute approximate surface area is 84.4 Å². The van der Waals surface area contributed by atoms with E-state index in [1.54, 1.807) is 0 Å². The largest absolute Gasteiger partial charge is 0.376 e. The van der Waals surface area contributed by atoms with Crippen molar-refractivity contribution in [3.8, 4) is 6.07 Å². The van der Waals surface area contributed by atoms with Crippen LogP contribution in [0.1, 0.15) is 12.0 Å². The van der Waals surface area contributed by atoms with Gasteiger partial charge in [0.15, 0.2) is 0 Å². The van der Waals surface area contributed by atoms with Crippen LogP contribution in [0.2, 0.25) is 0 Å². The summed E-state index contributed by atoms with van der Waals surface area (Å²) in [5.41, 5.74) is 1.18. The van der Waals surface area contributed by atoms with Crippen molar-refractivity contribution in [3.63, 3.8) is 0 Å². The first kappa shape index (κ1) is 10.5. The fourth-order valence-corrected chi connectivity index (χ4v) is 1.05. The lowest BCUT2D eigenvalue weighted by Crippen LogP contribution is -1.93. The predicted molar refractivity (Wildman–Crippen MR) is 55.5 cm³/mol. The average molecular weight is 187 g/mol. The zero-order valence-electron chi connectivity index (χ0n) is 8.02. The van der Waals surface area contributed by atoms with Gasteiger partial charge >= 0.3 is 0 Å². The van der Waals surface area contributed by atoms with E-state index < -0.39 is 0 Å². The summed E-state index contributed by atoms with van der Waals surface area (Å²) < 4.78 is 5.41. The molecule has 0 aliphatic heterocycles. The van der Waals surface area contributed by atoms with Crippen LogP contribution in [0.15, 0.2) is 42.5 Å². The van der Waals surface area contributed by atoms with Crippen molar-refractivity contribution in [1.29, 1.82) is 5.26 Å². The summed E-state index contributed by atoms with van der Waals surface area (Å²) in [4.78, 5) is 0. The minimum atomic E-state index is 0.640. The SMILES string of the molecule is N#C/C=C/CCOCc1ccccc1. The van der Waals surface area contributed by atoms with Gasteiger partial charge in [-0.3, -0.25) is 0 Å². The maximum absolute atomic E-state index is 8.22. The molecule has 72 valence electrons. The highest BCUT2D eigenvalue weighted by Gasteiger charge is 1.89. The molecule has 0 fully saturated rings. The van der Waals surface area contributed by atoms with Gasteiger partial charge in [0.1, 0.15) is 0 Å². The van der Waals surface area contributed by atoms with E-state index in [0.29, 0.717) is 13.2 Å². The summed E-state index contributed by atoms with van der Waals surface area (Å²) in [6.45, 7) is 1.30. The number of hydrogen-bond acceptors (Lipinski definition) is 2. The van der Waals surface area contributed by atoms with Gasteiger partial charge in [0, 0.05) is 6.08 Å². The van der Waals surface area contributed by atoms with Gasteiger partial charge in [0.05, 0.1) is 19.3 Å². The summed E-state index contributed by atoms with van der Waals surface area (Å²) in [6.07, 6.45) is 4.08. The first-order valence-corrected chi connectivity index (χ1v) is 4.60. The van der Waals surface area contributed by atoms with Crippen LogP contribution in [0.25, 0.3) is 0 Å². The second-order valence-electron chi connectivity index (χ2n) is 2.86. The van der Waals surface area contributed by atoms with Gasteiger partial charge in [0.2, 0.25) is 0 Å². The molecule has 0 heterocycles. The molecule has 0 aliphatic rings. The molecule has 14 heavy (non-hydrogen) atoms. The topological polar surface area (TPSA) is 33.0 Å². The second kappa shape index (κ2) is 6.88. The fourth-order valence-electron chi connectivity index (χ4n) is 1.05. The Balaban J connectivity index is 2.11. The second-order valence-corrected chi connectivity index (χ2v) is 2.86. The fraction of sp³-hybridized carbons (Fsp3) is 0.250.